The molecule has 0 saturated carbocycles. The first-order chi connectivity index (χ1) is 18.2. The second-order valence-corrected chi connectivity index (χ2v) is 10.1. The van der Waals surface area contributed by atoms with Gasteiger partial charge in [-0.1, -0.05) is 38.1 Å². The van der Waals surface area contributed by atoms with Crippen LogP contribution in [-0.4, -0.2) is 32.8 Å². The van der Waals surface area contributed by atoms with Gasteiger partial charge in [0.15, 0.2) is 10.9 Å². The molecule has 10 heteroatoms. The topological polar surface area (TPSA) is 64.0 Å². The fourth-order valence-corrected chi connectivity index (χ4v) is 4.81. The Morgan fingerprint density at radius 2 is 1.92 bits per heavy atom. The van der Waals surface area contributed by atoms with Gasteiger partial charge in [-0.25, -0.2) is 9.67 Å². The Kier molecular flexibility index (Phi) is 9.04. The van der Waals surface area contributed by atoms with Gasteiger partial charge in [0, 0.05) is 12.2 Å². The quantitative estimate of drug-likeness (QED) is 0.219. The van der Waals surface area contributed by atoms with Crippen LogP contribution in [0.5, 0.6) is 5.75 Å². The molecule has 1 atom stereocenters. The molecule has 0 aliphatic heterocycles. The van der Waals surface area contributed by atoms with E-state index >= 15 is 0 Å². The third-order valence-electron chi connectivity index (χ3n) is 6.44. The zero-order valence-electron chi connectivity index (χ0n) is 21.5. The maximum Gasteiger partial charge on any atom is 0.573 e. The molecule has 2 N–H and O–H groups in total. The molecule has 2 aromatic carbocycles. The van der Waals surface area contributed by atoms with Gasteiger partial charge in [0.25, 0.3) is 0 Å². The van der Waals surface area contributed by atoms with Gasteiger partial charge in [0.1, 0.15) is 12.1 Å². The number of anilines is 1. The summed E-state index contributed by atoms with van der Waals surface area (Å²) < 4.78 is 42.7. The van der Waals surface area contributed by atoms with E-state index in [0.29, 0.717) is 28.5 Å². The Bertz CT molecular complexity index is 1250. The van der Waals surface area contributed by atoms with Crippen molar-refractivity contribution in [1.29, 1.82) is 0 Å². The third-order valence-corrected chi connectivity index (χ3v) is 6.69. The lowest BCUT2D eigenvalue weighted by Gasteiger charge is -2.20. The van der Waals surface area contributed by atoms with Crippen LogP contribution in [0.2, 0.25) is 0 Å². The fourth-order valence-electron chi connectivity index (χ4n) is 4.60. The lowest BCUT2D eigenvalue weighted by atomic mass is 9.87. The van der Waals surface area contributed by atoms with Crippen molar-refractivity contribution in [1.82, 2.24) is 20.1 Å². The van der Waals surface area contributed by atoms with E-state index in [-0.39, 0.29) is 5.75 Å². The Morgan fingerprint density at radius 1 is 1.16 bits per heavy atom. The van der Waals surface area contributed by atoms with Crippen molar-refractivity contribution in [2.45, 2.75) is 58.2 Å². The van der Waals surface area contributed by atoms with Crippen LogP contribution in [0.3, 0.4) is 0 Å². The van der Waals surface area contributed by atoms with Crippen LogP contribution in [0.15, 0.2) is 60.9 Å². The van der Waals surface area contributed by atoms with E-state index in [1.165, 1.54) is 29.8 Å². The SMILES string of the molecule is CC(C)c1ccccc1NC(=S)NCCCC1C=C(c2ncn(-c3ccc(OC(F)(F)F)cc3)n2)CCC1. The van der Waals surface area contributed by atoms with Crippen molar-refractivity contribution < 1.29 is 17.9 Å². The molecule has 38 heavy (non-hydrogen) atoms. The highest BCUT2D eigenvalue weighted by molar-refractivity contribution is 7.80. The van der Waals surface area contributed by atoms with Gasteiger partial charge in [-0.3, -0.25) is 0 Å². The number of aromatic nitrogens is 3. The molecule has 1 aliphatic carbocycles. The minimum atomic E-state index is -4.72. The summed E-state index contributed by atoms with van der Waals surface area (Å²) in [7, 11) is 0. The van der Waals surface area contributed by atoms with E-state index in [9.17, 15) is 13.2 Å². The predicted molar refractivity (Wildman–Crippen MR) is 147 cm³/mol. The fraction of sp³-hybridized carbons (Fsp3) is 0.393. The summed E-state index contributed by atoms with van der Waals surface area (Å²) in [6.45, 7) is 5.12. The Morgan fingerprint density at radius 3 is 2.66 bits per heavy atom. The van der Waals surface area contributed by atoms with Crippen molar-refractivity contribution in [3.05, 3.63) is 72.3 Å². The van der Waals surface area contributed by atoms with Gasteiger partial charge < -0.3 is 15.4 Å². The molecule has 6 nitrogen and oxygen atoms in total. The smallest absolute Gasteiger partial charge is 0.406 e. The van der Waals surface area contributed by atoms with E-state index < -0.39 is 6.36 Å². The van der Waals surface area contributed by atoms with E-state index in [0.717, 1.165) is 49.9 Å². The van der Waals surface area contributed by atoms with Crippen LogP contribution >= 0.6 is 12.2 Å². The summed E-state index contributed by atoms with van der Waals surface area (Å²) in [5.74, 6) is 1.23. The van der Waals surface area contributed by atoms with Gasteiger partial charge in [-0.05, 0) is 97.6 Å². The number of thiocarbonyl (C=S) groups is 1. The van der Waals surface area contributed by atoms with Gasteiger partial charge in [0.05, 0.1) is 5.69 Å². The standard InChI is InChI=1S/C28H32F3N5OS/c1-19(2)24-10-3-4-11-25(24)34-27(38)32-16-6-8-20-7-5-9-21(17-20)26-33-18-36(35-26)22-12-14-23(15-13-22)37-28(29,30)31/h3-4,10-15,17-20H,5-9,16H2,1-2H3,(H2,32,34,38). The van der Waals surface area contributed by atoms with Crippen LogP contribution in [-0.2, 0) is 0 Å². The van der Waals surface area contributed by atoms with E-state index in [2.05, 4.69) is 51.4 Å². The molecule has 4 rings (SSSR count). The first kappa shape index (κ1) is 27.6. The molecule has 3 aromatic rings. The second-order valence-electron chi connectivity index (χ2n) is 9.66. The van der Waals surface area contributed by atoms with E-state index in [1.54, 1.807) is 11.0 Å². The monoisotopic (exact) mass is 543 g/mol. The summed E-state index contributed by atoms with van der Waals surface area (Å²) >= 11 is 5.50. The number of hydrogen-bond donors (Lipinski definition) is 2. The van der Waals surface area contributed by atoms with Crippen LogP contribution in [0.25, 0.3) is 11.3 Å². The van der Waals surface area contributed by atoms with Gasteiger partial charge in [-0.2, -0.15) is 0 Å². The summed E-state index contributed by atoms with van der Waals surface area (Å²) in [5.41, 5.74) is 3.99. The molecule has 1 unspecified atom stereocenters. The molecule has 1 heterocycles. The maximum absolute atomic E-state index is 12.4. The molecule has 0 fully saturated rings. The minimum Gasteiger partial charge on any atom is -0.406 e. The van der Waals surface area contributed by atoms with Gasteiger partial charge in [0.2, 0.25) is 0 Å². The first-order valence-corrected chi connectivity index (χ1v) is 13.2. The van der Waals surface area contributed by atoms with Crippen molar-refractivity contribution >= 4 is 28.6 Å². The highest BCUT2D eigenvalue weighted by Crippen LogP contribution is 2.31. The average molecular weight is 544 g/mol. The lowest BCUT2D eigenvalue weighted by Crippen LogP contribution is -2.30. The number of para-hydroxylation sites is 1. The Balaban J connectivity index is 1.27. The zero-order chi connectivity index (χ0) is 27.1. The molecule has 0 bridgehead atoms. The Hall–Kier alpha value is -3.40. The highest BCUT2D eigenvalue weighted by Gasteiger charge is 2.31. The molecule has 0 saturated heterocycles. The molecule has 202 valence electrons. The Labute approximate surface area is 226 Å². The molecular formula is C28H32F3N5OS. The highest BCUT2D eigenvalue weighted by atomic mass is 32.1. The van der Waals surface area contributed by atoms with E-state index in [1.807, 2.05) is 18.2 Å². The normalized spacial score (nSPS) is 15.7. The largest absolute Gasteiger partial charge is 0.573 e. The molecule has 1 aliphatic rings. The number of nitrogens with one attached hydrogen (secondary N) is 2. The summed E-state index contributed by atoms with van der Waals surface area (Å²) in [5, 5.41) is 11.8. The summed E-state index contributed by atoms with van der Waals surface area (Å²) in [4.78, 5) is 4.45. The minimum absolute atomic E-state index is 0.272. The average Bonchev–Trinajstić information content (AvgIpc) is 3.37. The number of ether oxygens (including phenoxy) is 1. The number of halogens is 3. The van der Waals surface area contributed by atoms with Gasteiger partial charge in [-0.15, -0.1) is 18.3 Å². The first-order valence-electron chi connectivity index (χ1n) is 12.8. The summed E-state index contributed by atoms with van der Waals surface area (Å²) in [6.07, 6.45) is 4.22. The molecule has 0 radical (unpaired) electrons. The van der Waals surface area contributed by atoms with Crippen LogP contribution in [0, 0.1) is 5.92 Å². The van der Waals surface area contributed by atoms with Crippen LogP contribution < -0.4 is 15.4 Å². The number of benzene rings is 2. The van der Waals surface area contributed by atoms with Crippen LogP contribution in [0.1, 0.15) is 63.3 Å². The van der Waals surface area contributed by atoms with Gasteiger partial charge >= 0.3 is 6.36 Å². The van der Waals surface area contributed by atoms with Crippen molar-refractivity contribution in [2.75, 3.05) is 11.9 Å². The number of nitrogens with zero attached hydrogens (tertiary/aromatic N) is 3. The maximum atomic E-state index is 12.4. The molecular weight excluding hydrogens is 511 g/mol. The number of hydrogen-bond acceptors (Lipinski definition) is 4. The predicted octanol–water partition coefficient (Wildman–Crippen LogP) is 7.24. The van der Waals surface area contributed by atoms with Crippen LogP contribution in [0.4, 0.5) is 18.9 Å². The molecule has 1 aromatic heterocycles. The number of alkyl halides is 3. The number of allylic oxidation sites excluding steroid dienone is 2. The van der Waals surface area contributed by atoms with E-state index in [4.69, 9.17) is 12.2 Å². The second kappa shape index (κ2) is 12.4. The number of rotatable bonds is 9. The molecule has 0 amide bonds. The summed E-state index contributed by atoms with van der Waals surface area (Å²) in [6, 6.07) is 13.8. The van der Waals surface area contributed by atoms with Crippen molar-refractivity contribution in [3.8, 4) is 11.4 Å². The zero-order valence-corrected chi connectivity index (χ0v) is 22.3. The molecule has 0 spiro atoms. The lowest BCUT2D eigenvalue weighted by molar-refractivity contribution is -0.274. The van der Waals surface area contributed by atoms with Crippen molar-refractivity contribution in [3.63, 3.8) is 0 Å². The third kappa shape index (κ3) is 7.80. The van der Waals surface area contributed by atoms with Crippen molar-refractivity contribution in [2.24, 2.45) is 5.92 Å².